The molecule has 1 aliphatic heterocycles. The molecule has 2 heterocycles. The molecule has 0 saturated carbocycles. The number of carbonyl (C=O) groups excluding carboxylic acids is 2. The maximum atomic E-state index is 12.8. The molecule has 1 fully saturated rings. The number of nitrogens with zero attached hydrogens (tertiary/aromatic N) is 2. The van der Waals surface area contributed by atoms with Crippen molar-refractivity contribution in [2.45, 2.75) is 38.6 Å². The van der Waals surface area contributed by atoms with Gasteiger partial charge < -0.3 is 10.2 Å². The van der Waals surface area contributed by atoms with E-state index in [2.05, 4.69) is 41.5 Å². The lowest BCUT2D eigenvalue weighted by Gasteiger charge is -2.27. The number of aromatic nitrogens is 1. The predicted molar refractivity (Wildman–Crippen MR) is 103 cm³/mol. The van der Waals surface area contributed by atoms with Crippen molar-refractivity contribution in [3.8, 4) is 0 Å². The summed E-state index contributed by atoms with van der Waals surface area (Å²) in [7, 11) is 0. The highest BCUT2D eigenvalue weighted by Gasteiger charge is 2.37. The second-order valence-electron chi connectivity index (χ2n) is 8.02. The number of pyridine rings is 1. The molecule has 1 aromatic carbocycles. The van der Waals surface area contributed by atoms with Crippen molar-refractivity contribution in [1.82, 2.24) is 15.2 Å². The quantitative estimate of drug-likeness (QED) is 0.908. The molecule has 1 N–H and O–H groups in total. The lowest BCUT2D eigenvalue weighted by molar-refractivity contribution is -0.125. The molecular weight excluding hydrogens is 338 g/mol. The van der Waals surface area contributed by atoms with Crippen LogP contribution in [-0.4, -0.2) is 40.8 Å². The molecule has 0 radical (unpaired) electrons. The molecule has 2 aromatic rings. The first-order valence-corrected chi connectivity index (χ1v) is 9.62. The Balaban J connectivity index is 1.39. The summed E-state index contributed by atoms with van der Waals surface area (Å²) in [4.78, 5) is 31.4. The number of fused-ring (bicyclic) bond motifs is 1. The van der Waals surface area contributed by atoms with Gasteiger partial charge in [-0.1, -0.05) is 37.3 Å². The number of hydrogen-bond donors (Lipinski definition) is 1. The fraction of sp³-hybridized carbons (Fsp3) is 0.409. The van der Waals surface area contributed by atoms with Crippen LogP contribution >= 0.6 is 0 Å². The highest BCUT2D eigenvalue weighted by Crippen LogP contribution is 2.36. The maximum absolute atomic E-state index is 12.8. The van der Waals surface area contributed by atoms with E-state index in [1.54, 1.807) is 29.3 Å². The number of likely N-dealkylation sites (tertiary alicyclic amines) is 1. The summed E-state index contributed by atoms with van der Waals surface area (Å²) >= 11 is 0. The van der Waals surface area contributed by atoms with Crippen LogP contribution in [0, 0.1) is 5.41 Å². The molecule has 2 aliphatic rings. The highest BCUT2D eigenvalue weighted by molar-refractivity contribution is 5.96. The minimum absolute atomic E-state index is 0.0355. The topological polar surface area (TPSA) is 62.3 Å². The van der Waals surface area contributed by atoms with Gasteiger partial charge in [0.2, 0.25) is 5.91 Å². The molecule has 1 aromatic heterocycles. The molecule has 4 rings (SSSR count). The number of rotatable bonds is 4. The van der Waals surface area contributed by atoms with E-state index in [-0.39, 0.29) is 17.2 Å². The van der Waals surface area contributed by atoms with Crippen LogP contribution in [0.25, 0.3) is 0 Å². The Morgan fingerprint density at radius 1 is 1.15 bits per heavy atom. The van der Waals surface area contributed by atoms with Gasteiger partial charge in [0, 0.05) is 19.3 Å². The molecule has 0 bridgehead atoms. The monoisotopic (exact) mass is 363 g/mol. The molecule has 2 amide bonds. The largest absolute Gasteiger partial charge is 0.354 e. The van der Waals surface area contributed by atoms with Gasteiger partial charge >= 0.3 is 0 Å². The summed E-state index contributed by atoms with van der Waals surface area (Å²) in [5.74, 6) is -0.207. The third-order valence-corrected chi connectivity index (χ3v) is 5.74. The summed E-state index contributed by atoms with van der Waals surface area (Å²) in [6.07, 6.45) is 5.12. The minimum Gasteiger partial charge on any atom is -0.354 e. The van der Waals surface area contributed by atoms with Crippen molar-refractivity contribution in [2.24, 2.45) is 5.41 Å². The highest BCUT2D eigenvalue weighted by atomic mass is 16.2. The molecule has 5 heteroatoms. The lowest BCUT2D eigenvalue weighted by Crippen LogP contribution is -2.48. The SMILES string of the molecule is CC1(CNC(=O)[C@@H]2CCCN2C(=O)c2ccccn2)Cc2ccccc2C1. The van der Waals surface area contributed by atoms with Crippen molar-refractivity contribution in [1.29, 1.82) is 0 Å². The van der Waals surface area contributed by atoms with Gasteiger partial charge in [-0.05, 0) is 54.4 Å². The lowest BCUT2D eigenvalue weighted by atomic mass is 9.87. The summed E-state index contributed by atoms with van der Waals surface area (Å²) in [6.45, 7) is 3.46. The van der Waals surface area contributed by atoms with Gasteiger partial charge in [0.25, 0.3) is 5.91 Å². The summed E-state index contributed by atoms with van der Waals surface area (Å²) < 4.78 is 0. The normalized spacial score (nSPS) is 20.3. The Bertz CT molecular complexity index is 825. The van der Waals surface area contributed by atoms with Gasteiger partial charge in [0.1, 0.15) is 11.7 Å². The van der Waals surface area contributed by atoms with Crippen molar-refractivity contribution in [3.05, 3.63) is 65.5 Å². The van der Waals surface area contributed by atoms with Crippen LogP contribution < -0.4 is 5.32 Å². The number of amides is 2. The number of carbonyl (C=O) groups is 2. The Morgan fingerprint density at radius 3 is 2.52 bits per heavy atom. The third kappa shape index (κ3) is 3.59. The molecular formula is C22H25N3O2. The van der Waals surface area contributed by atoms with Crippen LogP contribution in [0.15, 0.2) is 48.7 Å². The number of nitrogens with one attached hydrogen (secondary N) is 1. The van der Waals surface area contributed by atoms with E-state index >= 15 is 0 Å². The van der Waals surface area contributed by atoms with Crippen LogP contribution in [0.2, 0.25) is 0 Å². The van der Waals surface area contributed by atoms with Gasteiger partial charge in [0.05, 0.1) is 0 Å². The van der Waals surface area contributed by atoms with E-state index in [1.807, 2.05) is 0 Å². The van der Waals surface area contributed by atoms with Crippen LogP contribution in [0.1, 0.15) is 41.4 Å². The molecule has 0 spiro atoms. The second-order valence-corrected chi connectivity index (χ2v) is 8.02. The van der Waals surface area contributed by atoms with Crippen molar-refractivity contribution < 1.29 is 9.59 Å². The number of benzene rings is 1. The van der Waals surface area contributed by atoms with Crippen LogP contribution in [0.3, 0.4) is 0 Å². The van der Waals surface area contributed by atoms with E-state index in [0.717, 1.165) is 19.3 Å². The van der Waals surface area contributed by atoms with Gasteiger partial charge in [-0.2, -0.15) is 0 Å². The second kappa shape index (κ2) is 7.14. The average molecular weight is 363 g/mol. The van der Waals surface area contributed by atoms with Crippen molar-refractivity contribution in [2.75, 3.05) is 13.1 Å². The minimum atomic E-state index is -0.396. The van der Waals surface area contributed by atoms with E-state index < -0.39 is 6.04 Å². The summed E-state index contributed by atoms with van der Waals surface area (Å²) in [6, 6.07) is 13.4. The van der Waals surface area contributed by atoms with Gasteiger partial charge in [0.15, 0.2) is 0 Å². The molecule has 1 aliphatic carbocycles. The number of hydrogen-bond acceptors (Lipinski definition) is 3. The molecule has 0 unspecified atom stereocenters. The Morgan fingerprint density at radius 2 is 1.85 bits per heavy atom. The molecule has 27 heavy (non-hydrogen) atoms. The Labute approximate surface area is 159 Å². The first-order valence-electron chi connectivity index (χ1n) is 9.62. The zero-order valence-corrected chi connectivity index (χ0v) is 15.6. The Hall–Kier alpha value is -2.69. The van der Waals surface area contributed by atoms with E-state index in [0.29, 0.717) is 25.2 Å². The first-order chi connectivity index (χ1) is 13.1. The fourth-order valence-corrected chi connectivity index (χ4v) is 4.35. The molecule has 1 saturated heterocycles. The van der Waals surface area contributed by atoms with Crippen molar-refractivity contribution >= 4 is 11.8 Å². The average Bonchev–Trinajstić information content (AvgIpc) is 3.30. The third-order valence-electron chi connectivity index (χ3n) is 5.74. The van der Waals surface area contributed by atoms with Crippen LogP contribution in [-0.2, 0) is 17.6 Å². The molecule has 1 atom stereocenters. The predicted octanol–water partition coefficient (Wildman–Crippen LogP) is 2.61. The van der Waals surface area contributed by atoms with Gasteiger partial charge in [-0.3, -0.25) is 14.6 Å². The Kier molecular flexibility index (Phi) is 4.68. The smallest absolute Gasteiger partial charge is 0.273 e. The molecule has 140 valence electrons. The van der Waals surface area contributed by atoms with E-state index in [1.165, 1.54) is 11.1 Å². The zero-order valence-electron chi connectivity index (χ0n) is 15.6. The van der Waals surface area contributed by atoms with Crippen molar-refractivity contribution in [3.63, 3.8) is 0 Å². The summed E-state index contributed by atoms with van der Waals surface area (Å²) in [5, 5.41) is 3.12. The van der Waals surface area contributed by atoms with Gasteiger partial charge in [-0.15, -0.1) is 0 Å². The fourth-order valence-electron chi connectivity index (χ4n) is 4.35. The maximum Gasteiger partial charge on any atom is 0.273 e. The van der Waals surface area contributed by atoms with Crippen LogP contribution in [0.4, 0.5) is 0 Å². The van der Waals surface area contributed by atoms with E-state index in [9.17, 15) is 9.59 Å². The van der Waals surface area contributed by atoms with Crippen LogP contribution in [0.5, 0.6) is 0 Å². The zero-order chi connectivity index (χ0) is 18.9. The summed E-state index contributed by atoms with van der Waals surface area (Å²) in [5.41, 5.74) is 3.19. The standard InChI is InChI=1S/C22H25N3O2/c1-22(13-16-7-2-3-8-17(16)14-22)15-24-20(26)19-10-6-12-25(19)21(27)18-9-4-5-11-23-18/h2-5,7-9,11,19H,6,10,12-15H2,1H3,(H,24,26)/t19-/m0/s1. The molecule has 5 nitrogen and oxygen atoms in total. The van der Waals surface area contributed by atoms with E-state index in [4.69, 9.17) is 0 Å². The van der Waals surface area contributed by atoms with Gasteiger partial charge in [-0.25, -0.2) is 0 Å². The first kappa shape index (κ1) is 17.7.